The number of likely N-dealkylation sites (tertiary alicyclic amines) is 1. The van der Waals surface area contributed by atoms with Crippen LogP contribution in [0.4, 0.5) is 0 Å². The van der Waals surface area contributed by atoms with Gasteiger partial charge < -0.3 is 4.90 Å². The van der Waals surface area contributed by atoms with Crippen LogP contribution in [0.3, 0.4) is 0 Å². The molecule has 0 bridgehead atoms. The molecule has 0 spiro atoms. The van der Waals surface area contributed by atoms with Gasteiger partial charge >= 0.3 is 0 Å². The number of rotatable bonds is 5. The Hall–Kier alpha value is -0.590. The molecule has 0 aromatic rings. The highest BCUT2D eigenvalue weighted by molar-refractivity contribution is 5.06. The number of hydrogen-bond donors (Lipinski definition) is 1. The van der Waals surface area contributed by atoms with Gasteiger partial charge in [0.15, 0.2) is 0 Å². The Labute approximate surface area is 113 Å². The molecule has 1 rings (SSSR count). The predicted octanol–water partition coefficient (Wildman–Crippen LogP) is 2.78. The molecule has 1 fully saturated rings. The summed E-state index contributed by atoms with van der Waals surface area (Å²) in [6, 6.07) is 3.25. The van der Waals surface area contributed by atoms with Gasteiger partial charge in [-0.25, -0.2) is 0 Å². The van der Waals surface area contributed by atoms with Crippen molar-refractivity contribution in [3.05, 3.63) is 0 Å². The molecule has 0 aromatic heterocycles. The van der Waals surface area contributed by atoms with Crippen LogP contribution in [0.2, 0.25) is 0 Å². The average molecular weight is 251 g/mol. The Kier molecular flexibility index (Phi) is 4.80. The first-order valence-corrected chi connectivity index (χ1v) is 7.10. The van der Waals surface area contributed by atoms with E-state index in [9.17, 15) is 5.26 Å². The lowest BCUT2D eigenvalue weighted by Crippen LogP contribution is -2.49. The molecule has 2 unspecified atom stereocenters. The summed E-state index contributed by atoms with van der Waals surface area (Å²) in [5.74, 6) is 0. The van der Waals surface area contributed by atoms with E-state index in [4.69, 9.17) is 0 Å². The first kappa shape index (κ1) is 15.5. The van der Waals surface area contributed by atoms with Crippen molar-refractivity contribution in [2.45, 2.75) is 72.0 Å². The van der Waals surface area contributed by atoms with Crippen molar-refractivity contribution in [3.8, 4) is 6.07 Å². The van der Waals surface area contributed by atoms with Crippen molar-refractivity contribution in [1.29, 1.82) is 5.26 Å². The lowest BCUT2D eigenvalue weighted by molar-refractivity contribution is 0.191. The molecule has 1 aliphatic heterocycles. The van der Waals surface area contributed by atoms with Gasteiger partial charge in [-0.15, -0.1) is 0 Å². The lowest BCUT2D eigenvalue weighted by Gasteiger charge is -2.33. The van der Waals surface area contributed by atoms with Crippen LogP contribution in [0.1, 0.15) is 54.4 Å². The van der Waals surface area contributed by atoms with Gasteiger partial charge in [0.1, 0.15) is 5.54 Å². The molecule has 104 valence electrons. The Balaban J connectivity index is 2.58. The summed E-state index contributed by atoms with van der Waals surface area (Å²) in [6.45, 7) is 15.4. The molecular weight excluding hydrogens is 222 g/mol. The minimum Gasteiger partial charge on any atom is -0.300 e. The monoisotopic (exact) mass is 251 g/mol. The minimum absolute atomic E-state index is 0.344. The quantitative estimate of drug-likeness (QED) is 0.816. The third kappa shape index (κ3) is 4.26. The average Bonchev–Trinajstić information content (AvgIpc) is 2.57. The Morgan fingerprint density at radius 1 is 1.39 bits per heavy atom. The van der Waals surface area contributed by atoms with Crippen LogP contribution in [0, 0.1) is 16.7 Å². The van der Waals surface area contributed by atoms with E-state index >= 15 is 0 Å². The predicted molar refractivity (Wildman–Crippen MR) is 76.3 cm³/mol. The van der Waals surface area contributed by atoms with E-state index in [0.717, 1.165) is 19.5 Å². The highest BCUT2D eigenvalue weighted by Gasteiger charge is 2.35. The second kappa shape index (κ2) is 5.59. The Bertz CT molecular complexity index is 316. The number of nitrogens with zero attached hydrogens (tertiary/aromatic N) is 2. The van der Waals surface area contributed by atoms with Crippen LogP contribution >= 0.6 is 0 Å². The molecule has 18 heavy (non-hydrogen) atoms. The number of nitrogens with one attached hydrogen (secondary N) is 1. The maximum absolute atomic E-state index is 9.40. The normalized spacial score (nSPS) is 24.8. The molecule has 1 N–H and O–H groups in total. The molecule has 1 aliphatic rings. The zero-order chi connectivity index (χ0) is 14.0. The SMILES string of the molecule is CC(C)NC(C)(C#N)CC(C)N1CCC(C)(C)C1. The van der Waals surface area contributed by atoms with Gasteiger partial charge in [0.2, 0.25) is 0 Å². The van der Waals surface area contributed by atoms with Crippen molar-refractivity contribution in [2.75, 3.05) is 13.1 Å². The summed E-state index contributed by atoms with van der Waals surface area (Å²) >= 11 is 0. The van der Waals surface area contributed by atoms with Crippen molar-refractivity contribution in [1.82, 2.24) is 10.2 Å². The van der Waals surface area contributed by atoms with Gasteiger partial charge in [0.25, 0.3) is 0 Å². The van der Waals surface area contributed by atoms with Crippen LogP contribution in [0.5, 0.6) is 0 Å². The molecule has 0 radical (unpaired) electrons. The summed E-state index contributed by atoms with van der Waals surface area (Å²) < 4.78 is 0. The molecule has 0 aromatic carbocycles. The van der Waals surface area contributed by atoms with E-state index in [2.05, 4.69) is 50.9 Å². The fourth-order valence-electron chi connectivity index (χ4n) is 3.02. The highest BCUT2D eigenvalue weighted by atomic mass is 15.2. The zero-order valence-electron chi connectivity index (χ0n) is 12.9. The zero-order valence-corrected chi connectivity index (χ0v) is 12.9. The van der Waals surface area contributed by atoms with E-state index < -0.39 is 5.54 Å². The van der Waals surface area contributed by atoms with Crippen LogP contribution in [0.25, 0.3) is 0 Å². The van der Waals surface area contributed by atoms with Crippen LogP contribution in [-0.4, -0.2) is 35.6 Å². The molecule has 3 nitrogen and oxygen atoms in total. The number of nitriles is 1. The second-order valence-corrected chi connectivity index (χ2v) is 7.18. The molecule has 0 amide bonds. The van der Waals surface area contributed by atoms with E-state index in [0.29, 0.717) is 17.5 Å². The topological polar surface area (TPSA) is 39.1 Å². The maximum Gasteiger partial charge on any atom is 0.105 e. The summed E-state index contributed by atoms with van der Waals surface area (Å²) in [6.07, 6.45) is 2.15. The van der Waals surface area contributed by atoms with Gasteiger partial charge in [-0.1, -0.05) is 13.8 Å². The minimum atomic E-state index is -0.416. The first-order chi connectivity index (χ1) is 8.17. The number of hydrogen-bond acceptors (Lipinski definition) is 3. The second-order valence-electron chi connectivity index (χ2n) is 7.18. The standard InChI is InChI=1S/C15H29N3/c1-12(2)17-15(6,10-16)9-13(3)18-8-7-14(4,5)11-18/h12-13,17H,7-9,11H2,1-6H3. The Morgan fingerprint density at radius 2 is 2.00 bits per heavy atom. The van der Waals surface area contributed by atoms with Crippen LogP contribution in [-0.2, 0) is 0 Å². The van der Waals surface area contributed by atoms with Gasteiger partial charge in [0, 0.05) is 18.6 Å². The van der Waals surface area contributed by atoms with Gasteiger partial charge in [-0.3, -0.25) is 5.32 Å². The van der Waals surface area contributed by atoms with E-state index in [1.54, 1.807) is 0 Å². The maximum atomic E-state index is 9.40. The third-order valence-electron chi connectivity index (χ3n) is 3.89. The third-order valence-corrected chi connectivity index (χ3v) is 3.89. The van der Waals surface area contributed by atoms with E-state index in [-0.39, 0.29) is 0 Å². The van der Waals surface area contributed by atoms with Crippen LogP contribution < -0.4 is 5.32 Å². The molecule has 1 saturated heterocycles. The molecule has 2 atom stereocenters. The fraction of sp³-hybridized carbons (Fsp3) is 0.933. The van der Waals surface area contributed by atoms with Gasteiger partial charge in [0.05, 0.1) is 6.07 Å². The highest BCUT2D eigenvalue weighted by Crippen LogP contribution is 2.31. The molecule has 3 heteroatoms. The van der Waals surface area contributed by atoms with E-state index in [1.807, 2.05) is 6.92 Å². The fourth-order valence-corrected chi connectivity index (χ4v) is 3.02. The van der Waals surface area contributed by atoms with Crippen molar-refractivity contribution in [3.63, 3.8) is 0 Å². The van der Waals surface area contributed by atoms with Crippen molar-refractivity contribution >= 4 is 0 Å². The molecule has 1 heterocycles. The largest absolute Gasteiger partial charge is 0.300 e. The van der Waals surface area contributed by atoms with Crippen molar-refractivity contribution < 1.29 is 0 Å². The molecular formula is C15H29N3. The summed E-state index contributed by atoms with van der Waals surface area (Å²) in [7, 11) is 0. The first-order valence-electron chi connectivity index (χ1n) is 7.10. The molecule has 0 saturated carbocycles. The molecule has 0 aliphatic carbocycles. The summed E-state index contributed by atoms with van der Waals surface area (Å²) in [4.78, 5) is 2.53. The Morgan fingerprint density at radius 3 is 2.39 bits per heavy atom. The van der Waals surface area contributed by atoms with Gasteiger partial charge in [-0.05, 0) is 52.5 Å². The summed E-state index contributed by atoms with van der Waals surface area (Å²) in [5.41, 5.74) is 0.0170. The summed E-state index contributed by atoms with van der Waals surface area (Å²) in [5, 5.41) is 12.8. The van der Waals surface area contributed by atoms with Crippen molar-refractivity contribution in [2.24, 2.45) is 5.41 Å². The smallest absolute Gasteiger partial charge is 0.105 e. The lowest BCUT2D eigenvalue weighted by atomic mass is 9.92. The van der Waals surface area contributed by atoms with E-state index in [1.165, 1.54) is 6.42 Å². The van der Waals surface area contributed by atoms with Crippen LogP contribution in [0.15, 0.2) is 0 Å². The van der Waals surface area contributed by atoms with Gasteiger partial charge in [-0.2, -0.15) is 5.26 Å².